The molecule has 0 saturated heterocycles. The molecule has 106 valence electrons. The Bertz CT molecular complexity index is 748. The van der Waals surface area contributed by atoms with Crippen molar-refractivity contribution in [3.05, 3.63) is 41.7 Å². The number of hydrogen-bond donors (Lipinski definition) is 2. The minimum atomic E-state index is -0.0619. The van der Waals surface area contributed by atoms with Crippen LogP contribution in [0.1, 0.15) is 18.1 Å². The summed E-state index contributed by atoms with van der Waals surface area (Å²) >= 11 is 1.57. The van der Waals surface area contributed by atoms with E-state index < -0.39 is 0 Å². The molecule has 2 N–H and O–H groups in total. The van der Waals surface area contributed by atoms with Crippen LogP contribution in [0.2, 0.25) is 0 Å². The number of aromatic amines is 1. The lowest BCUT2D eigenvalue weighted by Crippen LogP contribution is -2.15. The van der Waals surface area contributed by atoms with E-state index in [1.807, 2.05) is 29.6 Å². The maximum Gasteiger partial charge on any atom is 0.249 e. The molecule has 0 aromatic carbocycles. The van der Waals surface area contributed by atoms with Crippen molar-refractivity contribution in [2.75, 3.05) is 5.32 Å². The van der Waals surface area contributed by atoms with Gasteiger partial charge in [-0.25, -0.2) is 0 Å². The lowest BCUT2D eigenvalue weighted by atomic mass is 10.2. The Hall–Kier alpha value is -2.41. The van der Waals surface area contributed by atoms with Crippen molar-refractivity contribution < 1.29 is 9.21 Å². The zero-order valence-electron chi connectivity index (χ0n) is 10.9. The Balaban J connectivity index is 1.42. The van der Waals surface area contributed by atoms with Crippen molar-refractivity contribution >= 4 is 23.2 Å². The normalized spacial score (nSPS) is 20.4. The fraction of sp³-hybridized carbons (Fsp3) is 0.214. The second kappa shape index (κ2) is 4.85. The molecule has 1 saturated carbocycles. The minimum absolute atomic E-state index is 0.0557. The number of hydrogen-bond acceptors (Lipinski definition) is 5. The Kier molecular flexibility index (Phi) is 2.85. The van der Waals surface area contributed by atoms with Gasteiger partial charge in [0.1, 0.15) is 5.76 Å². The van der Waals surface area contributed by atoms with Gasteiger partial charge in [-0.2, -0.15) is 4.98 Å². The molecule has 1 fully saturated rings. The van der Waals surface area contributed by atoms with Crippen molar-refractivity contribution in [2.24, 2.45) is 5.92 Å². The van der Waals surface area contributed by atoms with Gasteiger partial charge < -0.3 is 4.42 Å². The summed E-state index contributed by atoms with van der Waals surface area (Å²) < 4.78 is 5.33. The second-order valence-corrected chi connectivity index (χ2v) is 5.89. The molecule has 0 aliphatic heterocycles. The summed E-state index contributed by atoms with van der Waals surface area (Å²) in [5.74, 6) is 1.90. The van der Waals surface area contributed by atoms with E-state index in [4.69, 9.17) is 4.42 Å². The van der Waals surface area contributed by atoms with Crippen molar-refractivity contribution in [1.29, 1.82) is 0 Å². The van der Waals surface area contributed by atoms with Gasteiger partial charge >= 0.3 is 0 Å². The number of carbonyl (C=O) groups excluding carboxylic acids is 1. The summed E-state index contributed by atoms with van der Waals surface area (Å²) in [6.45, 7) is 0. The summed E-state index contributed by atoms with van der Waals surface area (Å²) in [4.78, 5) is 17.4. The highest BCUT2D eigenvalue weighted by molar-refractivity contribution is 7.13. The first-order chi connectivity index (χ1) is 10.3. The molecule has 0 spiro atoms. The maximum atomic E-state index is 12.1. The standard InChI is InChI=1S/C14H12N4O2S/c19-13(9-7-8(9)10-3-1-5-20-10)16-14-15-12(17-18-14)11-4-2-6-21-11/h1-6,8-9H,7H2,(H2,15,16,17,18,19). The van der Waals surface area contributed by atoms with Gasteiger partial charge in [0.25, 0.3) is 0 Å². The summed E-state index contributed by atoms with van der Waals surface area (Å²) in [5.41, 5.74) is 0. The highest BCUT2D eigenvalue weighted by Gasteiger charge is 2.46. The third kappa shape index (κ3) is 2.36. The molecule has 3 aromatic rings. The largest absolute Gasteiger partial charge is 0.469 e. The summed E-state index contributed by atoms with van der Waals surface area (Å²) in [6, 6.07) is 7.63. The van der Waals surface area contributed by atoms with Crippen LogP contribution in [0.15, 0.2) is 40.3 Å². The van der Waals surface area contributed by atoms with E-state index in [1.54, 1.807) is 17.6 Å². The number of amides is 1. The zero-order chi connectivity index (χ0) is 14.2. The van der Waals surface area contributed by atoms with E-state index in [1.165, 1.54) is 0 Å². The molecule has 1 amide bonds. The molecular weight excluding hydrogens is 288 g/mol. The molecule has 6 nitrogen and oxygen atoms in total. The van der Waals surface area contributed by atoms with Gasteiger partial charge in [0.05, 0.1) is 11.1 Å². The molecule has 1 aliphatic carbocycles. The van der Waals surface area contributed by atoms with Gasteiger partial charge in [-0.3, -0.25) is 15.2 Å². The fourth-order valence-electron chi connectivity index (χ4n) is 2.35. The predicted octanol–water partition coefficient (Wildman–Crippen LogP) is 2.87. The molecular formula is C14H12N4O2S. The number of H-pyrrole nitrogens is 1. The molecule has 21 heavy (non-hydrogen) atoms. The third-order valence-corrected chi connectivity index (χ3v) is 4.39. The first-order valence-corrected chi connectivity index (χ1v) is 7.50. The Morgan fingerprint density at radius 3 is 3.14 bits per heavy atom. The fourth-order valence-corrected chi connectivity index (χ4v) is 3.01. The summed E-state index contributed by atoms with van der Waals surface area (Å²) in [6.07, 6.45) is 2.44. The minimum Gasteiger partial charge on any atom is -0.469 e. The van der Waals surface area contributed by atoms with Crippen molar-refractivity contribution in [1.82, 2.24) is 15.2 Å². The van der Waals surface area contributed by atoms with E-state index in [0.717, 1.165) is 17.1 Å². The highest BCUT2D eigenvalue weighted by Crippen LogP contribution is 2.48. The SMILES string of the molecule is O=C(Nc1n[nH]c(-c2cccs2)n1)C1CC1c1ccco1. The number of carbonyl (C=O) groups is 1. The van der Waals surface area contributed by atoms with Crippen LogP contribution in [0, 0.1) is 5.92 Å². The maximum absolute atomic E-state index is 12.1. The lowest BCUT2D eigenvalue weighted by Gasteiger charge is -1.98. The average molecular weight is 300 g/mol. The van der Waals surface area contributed by atoms with E-state index in [9.17, 15) is 4.79 Å². The number of aromatic nitrogens is 3. The number of furan rings is 1. The van der Waals surface area contributed by atoms with Crippen molar-refractivity contribution in [2.45, 2.75) is 12.3 Å². The molecule has 3 aromatic heterocycles. The Morgan fingerprint density at radius 2 is 2.38 bits per heavy atom. The molecule has 4 rings (SSSR count). The van der Waals surface area contributed by atoms with Crippen molar-refractivity contribution in [3.8, 4) is 10.7 Å². The zero-order valence-corrected chi connectivity index (χ0v) is 11.8. The van der Waals surface area contributed by atoms with Crippen LogP contribution < -0.4 is 5.32 Å². The topological polar surface area (TPSA) is 83.8 Å². The number of nitrogens with zero attached hydrogens (tertiary/aromatic N) is 2. The molecule has 0 bridgehead atoms. The number of rotatable bonds is 4. The predicted molar refractivity (Wildman–Crippen MR) is 77.9 cm³/mol. The second-order valence-electron chi connectivity index (χ2n) is 4.94. The van der Waals surface area contributed by atoms with Crippen LogP contribution in [0.3, 0.4) is 0 Å². The Labute approximate surface area is 124 Å². The smallest absolute Gasteiger partial charge is 0.249 e. The first-order valence-electron chi connectivity index (χ1n) is 6.62. The molecule has 0 radical (unpaired) electrons. The molecule has 7 heteroatoms. The number of anilines is 1. The van der Waals surface area contributed by atoms with Gasteiger partial charge in [-0.1, -0.05) is 6.07 Å². The van der Waals surface area contributed by atoms with E-state index in [0.29, 0.717) is 11.8 Å². The van der Waals surface area contributed by atoms with Crippen LogP contribution in [-0.2, 0) is 4.79 Å². The lowest BCUT2D eigenvalue weighted by molar-refractivity contribution is -0.117. The van der Waals surface area contributed by atoms with Crippen LogP contribution in [-0.4, -0.2) is 21.1 Å². The van der Waals surface area contributed by atoms with Crippen LogP contribution in [0.25, 0.3) is 10.7 Å². The first kappa shape index (κ1) is 12.3. The summed E-state index contributed by atoms with van der Waals surface area (Å²) in [5, 5.41) is 11.6. The van der Waals surface area contributed by atoms with Gasteiger partial charge in [-0.05, 0) is 30.0 Å². The quantitative estimate of drug-likeness (QED) is 0.776. The van der Waals surface area contributed by atoms with Crippen LogP contribution >= 0.6 is 11.3 Å². The molecule has 3 heterocycles. The highest BCUT2D eigenvalue weighted by atomic mass is 32.1. The van der Waals surface area contributed by atoms with Gasteiger partial charge in [0, 0.05) is 11.8 Å². The van der Waals surface area contributed by atoms with Gasteiger partial charge in [0.2, 0.25) is 11.9 Å². The van der Waals surface area contributed by atoms with E-state index in [-0.39, 0.29) is 17.7 Å². The number of thiophene rings is 1. The monoisotopic (exact) mass is 300 g/mol. The molecule has 2 unspecified atom stereocenters. The number of nitrogens with one attached hydrogen (secondary N) is 2. The van der Waals surface area contributed by atoms with E-state index in [2.05, 4.69) is 20.5 Å². The van der Waals surface area contributed by atoms with Gasteiger partial charge in [-0.15, -0.1) is 16.4 Å². The van der Waals surface area contributed by atoms with Crippen molar-refractivity contribution in [3.63, 3.8) is 0 Å². The van der Waals surface area contributed by atoms with E-state index >= 15 is 0 Å². The van der Waals surface area contributed by atoms with Crippen LogP contribution in [0.5, 0.6) is 0 Å². The molecule has 2 atom stereocenters. The van der Waals surface area contributed by atoms with Gasteiger partial charge in [0.15, 0.2) is 5.82 Å². The summed E-state index contributed by atoms with van der Waals surface area (Å²) in [7, 11) is 0. The molecule has 1 aliphatic rings. The third-order valence-electron chi connectivity index (χ3n) is 3.51. The van der Waals surface area contributed by atoms with Crippen LogP contribution in [0.4, 0.5) is 5.95 Å². The average Bonchev–Trinajstić information content (AvgIpc) is 2.99. The Morgan fingerprint density at radius 1 is 1.43 bits per heavy atom.